The smallest absolute Gasteiger partial charge is 0.328 e. The highest BCUT2D eigenvalue weighted by Crippen LogP contribution is 2.34. The van der Waals surface area contributed by atoms with Crippen molar-refractivity contribution in [3.05, 3.63) is 135 Å². The van der Waals surface area contributed by atoms with E-state index in [9.17, 15) is 29.4 Å². The van der Waals surface area contributed by atoms with Crippen LogP contribution < -0.4 is 32.8 Å². The number of carbonyl (C=O) groups is 4. The molecule has 57 heavy (non-hydrogen) atoms. The van der Waals surface area contributed by atoms with Crippen LogP contribution in [0.4, 0.5) is 22.7 Å². The Bertz CT molecular complexity index is 2140. The van der Waals surface area contributed by atoms with Crippen molar-refractivity contribution in [1.29, 1.82) is 0 Å². The molecule has 19 heteroatoms. The lowest BCUT2D eigenvalue weighted by atomic mass is 10.1. The summed E-state index contributed by atoms with van der Waals surface area (Å²) in [5, 5.41) is 34.5. The molecule has 0 spiro atoms. The summed E-state index contributed by atoms with van der Waals surface area (Å²) in [6.45, 7) is 20.2. The first-order valence-corrected chi connectivity index (χ1v) is 19.3. The molecule has 4 aromatic carbocycles. The van der Waals surface area contributed by atoms with Crippen LogP contribution in [0.15, 0.2) is 72.8 Å². The summed E-state index contributed by atoms with van der Waals surface area (Å²) >= 11 is 16.4. The fourth-order valence-corrected chi connectivity index (χ4v) is 5.64. The number of nitrogen functional groups attached to an aromatic ring is 1. The standard InChI is InChI=1S/C19H18ClIN4O3.C12H13ClN2O3.C7H7IN2O/c1-10-14(8-9-15(22-3)16(10)20)23-17(11(2)26)19(28)25-24-18(27)12-4-6-13(21)7-5-12;1-6-8(4-5-9(14-3)10(6)13)15-11(7(2)16)12(17)18;8-6-3-1-5(2-4-6)7(11)10-9/h4-9,11,17,23,26H,1-2H3,(H,24,27)(H,25,28);4-5,7,11,15-16H,1-2H3,(H,17,18);1-4H,9H2,(H,10,11)/t11-,17+;7-,11+;/m00./s1. The van der Waals surface area contributed by atoms with Crippen molar-refractivity contribution in [1.82, 2.24) is 16.3 Å². The Kier molecular flexibility index (Phi) is 19.9. The van der Waals surface area contributed by atoms with Gasteiger partial charge in [0.25, 0.3) is 17.7 Å². The van der Waals surface area contributed by atoms with Gasteiger partial charge in [-0.05, 0) is 145 Å². The first-order valence-electron chi connectivity index (χ1n) is 16.4. The fraction of sp³-hybridized carbons (Fsp3) is 0.211. The maximum Gasteiger partial charge on any atom is 0.328 e. The maximum absolute atomic E-state index is 12.5. The number of hydrazine groups is 2. The van der Waals surface area contributed by atoms with E-state index in [0.717, 1.165) is 7.14 Å². The number of benzene rings is 4. The zero-order valence-corrected chi connectivity index (χ0v) is 36.5. The zero-order valence-electron chi connectivity index (χ0n) is 30.7. The Hall–Kier alpha value is -4.74. The van der Waals surface area contributed by atoms with Crippen LogP contribution in [0.2, 0.25) is 10.0 Å². The van der Waals surface area contributed by atoms with Gasteiger partial charge in [0.2, 0.25) is 11.4 Å². The third-order valence-corrected chi connectivity index (χ3v) is 10.1. The number of aliphatic hydroxyl groups excluding tert-OH is 2. The van der Waals surface area contributed by atoms with Crippen molar-refractivity contribution in [2.45, 2.75) is 52.0 Å². The molecule has 0 aliphatic carbocycles. The molecule has 0 heterocycles. The molecule has 4 aromatic rings. The quantitative estimate of drug-likeness (QED) is 0.0267. The number of amides is 3. The molecule has 0 saturated heterocycles. The molecule has 300 valence electrons. The second-order valence-corrected chi connectivity index (χ2v) is 15.1. The van der Waals surface area contributed by atoms with Crippen molar-refractivity contribution in [3.8, 4) is 0 Å². The van der Waals surface area contributed by atoms with Gasteiger partial charge >= 0.3 is 5.97 Å². The summed E-state index contributed by atoms with van der Waals surface area (Å²) < 4.78 is 2.07. The van der Waals surface area contributed by atoms with Crippen LogP contribution in [-0.2, 0) is 9.59 Å². The molecule has 0 saturated carbocycles. The molecule has 0 aliphatic heterocycles. The highest BCUT2D eigenvalue weighted by atomic mass is 127. The molecule has 0 aliphatic rings. The maximum atomic E-state index is 12.5. The van der Waals surface area contributed by atoms with E-state index in [1.54, 1.807) is 62.4 Å². The van der Waals surface area contributed by atoms with Gasteiger partial charge in [-0.15, -0.1) is 0 Å². The van der Waals surface area contributed by atoms with Gasteiger partial charge in [-0.2, -0.15) is 0 Å². The number of carboxylic acid groups (broad SMARTS) is 1. The van der Waals surface area contributed by atoms with Crippen molar-refractivity contribution in [2.24, 2.45) is 5.84 Å². The van der Waals surface area contributed by atoms with Gasteiger partial charge < -0.3 is 26.0 Å². The SMILES string of the molecule is NNC(=O)c1ccc(I)cc1.[C-]#[N+]c1ccc(N[C@@H](C(=O)NNC(=O)c2ccc(I)cc2)[C@H](C)O)c(C)c1Cl.[C-]#[N+]c1ccc(N[C@@H](C(=O)O)[C@H](C)O)c(C)c1Cl. The van der Waals surface area contributed by atoms with Gasteiger partial charge in [-0.3, -0.25) is 30.7 Å². The van der Waals surface area contributed by atoms with Crippen molar-refractivity contribution in [3.63, 3.8) is 0 Å². The third-order valence-electron chi connectivity index (χ3n) is 7.75. The summed E-state index contributed by atoms with van der Waals surface area (Å²) in [6.07, 6.45) is -2.12. The number of hydrogen-bond acceptors (Lipinski definition) is 9. The Morgan fingerprint density at radius 2 is 1.05 bits per heavy atom. The van der Waals surface area contributed by atoms with Crippen molar-refractivity contribution >= 4 is 115 Å². The number of carbonyl (C=O) groups excluding carboxylic acids is 3. The molecule has 4 atom stereocenters. The van der Waals surface area contributed by atoms with Crippen LogP contribution in [0.25, 0.3) is 9.69 Å². The minimum absolute atomic E-state index is 0.263. The largest absolute Gasteiger partial charge is 0.480 e. The van der Waals surface area contributed by atoms with Gasteiger partial charge in [0.1, 0.15) is 6.04 Å². The number of carboxylic acids is 1. The predicted molar refractivity (Wildman–Crippen MR) is 236 cm³/mol. The fourth-order valence-electron chi connectivity index (χ4n) is 4.51. The number of anilines is 2. The number of nitrogens with one attached hydrogen (secondary N) is 5. The number of aliphatic carboxylic acids is 1. The molecule has 0 aromatic heterocycles. The lowest BCUT2D eigenvalue weighted by Crippen LogP contribution is -2.52. The van der Waals surface area contributed by atoms with E-state index >= 15 is 0 Å². The van der Waals surface area contributed by atoms with Crippen LogP contribution in [0, 0.1) is 34.1 Å². The molecule has 15 nitrogen and oxygen atoms in total. The van der Waals surface area contributed by atoms with Crippen LogP contribution in [0.3, 0.4) is 0 Å². The van der Waals surface area contributed by atoms with E-state index in [1.165, 1.54) is 26.0 Å². The Morgan fingerprint density at radius 1 is 0.667 bits per heavy atom. The monoisotopic (exact) mass is 1040 g/mol. The van der Waals surface area contributed by atoms with E-state index in [2.05, 4.69) is 81.8 Å². The minimum atomic E-state index is -1.16. The Labute approximate surface area is 366 Å². The summed E-state index contributed by atoms with van der Waals surface area (Å²) in [5.41, 5.74) is 10.4. The van der Waals surface area contributed by atoms with E-state index < -0.39 is 42.1 Å². The Balaban J connectivity index is 0.000000329. The molecule has 3 amide bonds. The molecule has 4 rings (SSSR count). The van der Waals surface area contributed by atoms with Gasteiger partial charge in [-0.1, -0.05) is 35.3 Å². The van der Waals surface area contributed by atoms with Gasteiger partial charge in [0, 0.05) is 29.6 Å². The summed E-state index contributed by atoms with van der Waals surface area (Å²) in [4.78, 5) is 53.0. The van der Waals surface area contributed by atoms with E-state index in [-0.39, 0.29) is 16.0 Å². The minimum Gasteiger partial charge on any atom is -0.480 e. The predicted octanol–water partition coefficient (Wildman–Crippen LogP) is 6.77. The first-order chi connectivity index (χ1) is 26.9. The number of nitrogens with zero attached hydrogens (tertiary/aromatic N) is 2. The summed E-state index contributed by atoms with van der Waals surface area (Å²) in [5.74, 6) is 2.42. The second kappa shape index (κ2) is 23.5. The topological polar surface area (TPSA) is 224 Å². The number of hydrogen-bond donors (Lipinski definition) is 9. The molecular formula is C38H38Cl2I2N8O7. The average Bonchev–Trinajstić information content (AvgIpc) is 3.18. The lowest BCUT2D eigenvalue weighted by molar-refractivity contribution is -0.140. The van der Waals surface area contributed by atoms with Crippen molar-refractivity contribution in [2.75, 3.05) is 10.6 Å². The first kappa shape index (κ1) is 48.4. The molecule has 0 unspecified atom stereocenters. The third kappa shape index (κ3) is 14.6. The Morgan fingerprint density at radius 3 is 1.40 bits per heavy atom. The summed E-state index contributed by atoms with van der Waals surface area (Å²) in [6, 6.07) is 18.0. The molecular weight excluding hydrogens is 1010 g/mol. The lowest BCUT2D eigenvalue weighted by Gasteiger charge is -2.23. The highest BCUT2D eigenvalue weighted by Gasteiger charge is 2.26. The zero-order chi connectivity index (χ0) is 43.0. The number of halogens is 4. The van der Waals surface area contributed by atoms with E-state index in [4.69, 9.17) is 47.3 Å². The number of nitrogens with two attached hydrogens (primary N) is 1. The van der Waals surface area contributed by atoms with Crippen LogP contribution in [0.5, 0.6) is 0 Å². The van der Waals surface area contributed by atoms with Crippen LogP contribution in [0.1, 0.15) is 45.7 Å². The van der Waals surface area contributed by atoms with Gasteiger partial charge in [-0.25, -0.2) is 20.3 Å². The van der Waals surface area contributed by atoms with Crippen LogP contribution in [-0.4, -0.2) is 63.3 Å². The second-order valence-electron chi connectivity index (χ2n) is 11.9. The van der Waals surface area contributed by atoms with Crippen LogP contribution >= 0.6 is 68.4 Å². The summed E-state index contributed by atoms with van der Waals surface area (Å²) in [7, 11) is 0. The van der Waals surface area contributed by atoms with E-state index in [0.29, 0.717) is 45.0 Å². The molecule has 10 N–H and O–H groups in total. The number of aliphatic hydroxyl groups is 2. The van der Waals surface area contributed by atoms with E-state index in [1.807, 2.05) is 12.1 Å². The molecule has 0 fully saturated rings. The normalized spacial score (nSPS) is 12.2. The average molecular weight is 1040 g/mol. The number of rotatable bonds is 10. The van der Waals surface area contributed by atoms with Gasteiger partial charge in [0.15, 0.2) is 6.04 Å². The molecule has 0 radical (unpaired) electrons. The van der Waals surface area contributed by atoms with Gasteiger partial charge in [0.05, 0.1) is 35.4 Å². The van der Waals surface area contributed by atoms with Crippen molar-refractivity contribution < 1.29 is 34.5 Å². The molecule has 0 bridgehead atoms. The highest BCUT2D eigenvalue weighted by molar-refractivity contribution is 14.1.